The average Bonchev–Trinajstić information content (AvgIpc) is 0.771. The number of hydrogen-bond donors (Lipinski definition) is 7. The molecule has 0 atom stereocenters. The van der Waals surface area contributed by atoms with E-state index in [1.807, 2.05) is 0 Å². The van der Waals surface area contributed by atoms with E-state index < -0.39 is 86.3 Å². The van der Waals surface area contributed by atoms with E-state index in [9.17, 15) is 81.9 Å². The smallest absolute Gasteiger partial charge is 0.301 e. The fourth-order valence-corrected chi connectivity index (χ4v) is 19.5. The highest BCUT2D eigenvalue weighted by Gasteiger charge is 2.39. The fraction of sp³-hybridized carbons (Fsp3) is 0.182. The van der Waals surface area contributed by atoms with Gasteiger partial charge in [0, 0.05) is 187 Å². The molecule has 28 nitrogen and oxygen atoms in total. The predicted octanol–water partition coefficient (Wildman–Crippen LogP) is 21.3. The van der Waals surface area contributed by atoms with Gasteiger partial charge in [-0.15, -0.1) is 0 Å². The van der Waals surface area contributed by atoms with Crippen molar-refractivity contribution in [2.24, 2.45) is 0 Å². The van der Waals surface area contributed by atoms with Crippen LogP contribution in [-0.4, -0.2) is 105 Å². The molecule has 57 heteroatoms. The van der Waals surface area contributed by atoms with Crippen LogP contribution >= 0.6 is 210 Å². The molecule has 7 N–H and O–H groups in total. The highest BCUT2D eigenvalue weighted by molar-refractivity contribution is 8.00. The Morgan fingerprint density at radius 3 is 0.978 bits per heavy atom. The lowest BCUT2D eigenvalue weighted by Gasteiger charge is -2.17. The second-order valence-corrected chi connectivity index (χ2v) is 37.0. The summed E-state index contributed by atoms with van der Waals surface area (Å²) in [6.45, 7) is 11.6. The van der Waals surface area contributed by atoms with Crippen LogP contribution in [-0.2, 0) is 39.8 Å². The van der Waals surface area contributed by atoms with E-state index in [2.05, 4.69) is 105 Å². The maximum atomic E-state index is 14.2. The molecule has 134 heavy (non-hydrogen) atoms. The van der Waals surface area contributed by atoms with Crippen LogP contribution in [0.3, 0.4) is 0 Å². The van der Waals surface area contributed by atoms with E-state index >= 15 is 0 Å². The van der Waals surface area contributed by atoms with Crippen molar-refractivity contribution in [3.63, 3.8) is 0 Å². The van der Waals surface area contributed by atoms with Gasteiger partial charge in [0.2, 0.25) is 17.8 Å². The molecule has 0 spiro atoms. The molecule has 14 rings (SSSR count). The minimum atomic E-state index is -3.46. The van der Waals surface area contributed by atoms with E-state index in [0.717, 1.165) is 65.6 Å². The molecule has 0 amide bonds. The quantitative estimate of drug-likeness (QED) is 0.0152. The Morgan fingerprint density at radius 2 is 0.590 bits per heavy atom. The van der Waals surface area contributed by atoms with Crippen molar-refractivity contribution in [1.82, 2.24) is 105 Å². The van der Waals surface area contributed by atoms with Gasteiger partial charge in [-0.1, -0.05) is 198 Å². The van der Waals surface area contributed by atoms with Crippen LogP contribution in [0.5, 0.6) is 0 Å². The van der Waals surface area contributed by atoms with Gasteiger partial charge < -0.3 is 34.9 Å². The third kappa shape index (κ3) is 33.8. The molecule has 0 radical (unpaired) electrons. The molecule has 0 aliphatic heterocycles. The van der Waals surface area contributed by atoms with Crippen molar-refractivity contribution in [2.75, 3.05) is 0 Å². The van der Waals surface area contributed by atoms with Crippen molar-refractivity contribution in [2.45, 2.75) is 124 Å². The van der Waals surface area contributed by atoms with Crippen LogP contribution < -0.4 is 38.9 Å². The van der Waals surface area contributed by atoms with E-state index in [1.165, 1.54) is 110 Å². The SMILES string of the molecule is Cc1cc(=O)[nH]c(SC(F)(F)c2c(Cl)cncc2Cl)n1.Cc1cc(=O)[nH]c(SCc2c(Cl)c(F)nc(F)c2Cl)n1.Cc1cc(=O)[nH]c(SCc2c(Cl)cnc(Cl)c2Cl)n1.Cc1cc(=O)[nH]c(SCc2c(Cl)cnc(F)c2Cl)n1.Cc1cc(=O)[nH]c(SCc2c(F)c(F)nc(F)c2F)n1.Cc1cc(=O)[nH]c(SCc2c(F)cncc2F)n1.Cc1cnc(SCc2c(Cl)cncc2Cl)[nH]c1=O. The molecule has 0 unspecified atom stereocenters. The van der Waals surface area contributed by atoms with Gasteiger partial charge in [-0.3, -0.25) is 48.5 Å². The van der Waals surface area contributed by atoms with Gasteiger partial charge in [-0.05, 0) is 60.2 Å². The first-order valence-electron chi connectivity index (χ1n) is 36.2. The molecule has 14 heterocycles. The van der Waals surface area contributed by atoms with Crippen molar-refractivity contribution in [3.05, 3.63) is 352 Å². The average molecular weight is 2210 g/mol. The first kappa shape index (κ1) is 110. The maximum absolute atomic E-state index is 14.2. The van der Waals surface area contributed by atoms with Gasteiger partial charge in [0.25, 0.3) is 50.8 Å². The van der Waals surface area contributed by atoms with E-state index in [4.69, 9.17) is 128 Å². The summed E-state index contributed by atoms with van der Waals surface area (Å²) < 4.78 is 147. The van der Waals surface area contributed by atoms with Gasteiger partial charge in [-0.2, -0.15) is 40.7 Å². The maximum Gasteiger partial charge on any atom is 0.329 e. The Morgan fingerprint density at radius 1 is 0.291 bits per heavy atom. The summed E-state index contributed by atoms with van der Waals surface area (Å²) in [5.41, 5.74) is 2.00. The number of aromatic nitrogens is 21. The lowest BCUT2D eigenvalue weighted by Crippen LogP contribution is -2.14. The zero-order valence-electron chi connectivity index (χ0n) is 68.2. The first-order valence-corrected chi connectivity index (χ1v) is 47.1. The number of halogens is 22. The van der Waals surface area contributed by atoms with Crippen LogP contribution in [0.1, 0.15) is 78.7 Å². The molecule has 706 valence electrons. The largest absolute Gasteiger partial charge is 0.329 e. The van der Waals surface area contributed by atoms with E-state index in [-0.39, 0.29) is 114 Å². The van der Waals surface area contributed by atoms with Gasteiger partial charge in [-0.25, -0.2) is 62.4 Å². The molecule has 14 aromatic rings. The Balaban J connectivity index is 0.000000192. The van der Waals surface area contributed by atoms with Crippen LogP contribution in [0.4, 0.5) is 48.3 Å². The zero-order chi connectivity index (χ0) is 98.9. The fourth-order valence-electron chi connectivity index (χ4n) is 9.60. The number of alkyl halides is 2. The summed E-state index contributed by atoms with van der Waals surface area (Å²) in [6.07, 6.45) is 11.3. The lowest BCUT2D eigenvalue weighted by atomic mass is 10.3. The number of aromatic amines is 7. The first-order chi connectivity index (χ1) is 63.1. The van der Waals surface area contributed by atoms with Crippen molar-refractivity contribution in [3.8, 4) is 0 Å². The van der Waals surface area contributed by atoms with E-state index in [1.54, 1.807) is 41.5 Å². The highest BCUT2D eigenvalue weighted by Crippen LogP contribution is 2.48. The molecular weight excluding hydrogens is 2150 g/mol. The van der Waals surface area contributed by atoms with Crippen molar-refractivity contribution < 1.29 is 48.3 Å². The molecule has 0 aliphatic rings. The summed E-state index contributed by atoms with van der Waals surface area (Å²) in [4.78, 5) is 148. The van der Waals surface area contributed by atoms with Crippen LogP contribution in [0.15, 0.2) is 162 Å². The Labute approximate surface area is 831 Å². The highest BCUT2D eigenvalue weighted by atomic mass is 35.5. The summed E-state index contributed by atoms with van der Waals surface area (Å²) >= 11 is 71.2. The Hall–Kier alpha value is -8.92. The summed E-state index contributed by atoms with van der Waals surface area (Å²) in [6, 6.07) is 7.92. The normalized spacial score (nSPS) is 10.9. The minimum Gasteiger partial charge on any atom is -0.301 e. The topological polar surface area (TPSA) is 410 Å². The minimum absolute atomic E-state index is 0.0343. The van der Waals surface area contributed by atoms with Crippen LogP contribution in [0.25, 0.3) is 0 Å². The second-order valence-electron chi connectivity index (χ2n) is 25.8. The number of hydrogen-bond acceptors (Lipinski definition) is 28. The van der Waals surface area contributed by atoms with Crippen molar-refractivity contribution in [1.29, 1.82) is 0 Å². The van der Waals surface area contributed by atoms with Gasteiger partial charge >= 0.3 is 5.25 Å². The number of rotatable bonds is 21. The number of pyridine rings is 7. The number of nitrogens with one attached hydrogen (secondary N) is 7. The van der Waals surface area contributed by atoms with Gasteiger partial charge in [0.1, 0.15) is 31.9 Å². The zero-order valence-corrected chi connectivity index (χ0v) is 82.2. The lowest BCUT2D eigenvalue weighted by molar-refractivity contribution is 0.105. The number of H-pyrrole nitrogens is 7. The van der Waals surface area contributed by atoms with Crippen molar-refractivity contribution >= 4 is 210 Å². The molecule has 0 saturated carbocycles. The number of thioether (sulfide) groups is 7. The standard InChI is InChI=1S/C11H8Cl3N3OS.2C11H7Cl2F2N3OS.C11H8Cl2FN3OS.C11H9Cl2N3OS.C11H7F4N3OS.C11H9F2N3OS/c1-5-2-8(18)17-11(16-5)19-4-6-7(12)3-15-10(14)9(6)13;1-5-2-8(19)18-10(17-5)20-11(14,15)9-6(12)3-16-4-7(9)13;1-4-2-6(19)17-11(16-4)20-3-5-7(12)9(14)18-10(15)8(5)13;1-5-2-8(18)17-11(16-5)19-4-6-7(12)3-15-10(14)9(6)13;1-6-2-15-11(16-10(6)17)18-5-7-8(12)3-14-4-9(7)13;1-4-2-6(19)17-11(16-4)20-3-5-7(12)9(14)18-10(15)8(5)13;1-6-2-10(17)16-11(15-6)18-5-7-8(12)3-14-4-9(7)13/h2-3H,4H2,1H3,(H,16,17,18);2-4H,1H3,(H,17,18,19);2H,3H2,1H3,(H,16,17,19);2-3H,4H2,1H3,(H,16,17,18);2-4H,5H2,1H3,(H,15,16,17);2H,3H2,1H3,(H,16,17,19);2-4H,5H2,1H3,(H,15,16,17). The monoisotopic (exact) mass is 2200 g/mol. The van der Waals surface area contributed by atoms with Crippen LogP contribution in [0, 0.1) is 101 Å². The molecule has 0 saturated heterocycles. The number of aryl methyl sites for hydroxylation is 7. The second kappa shape index (κ2) is 52.0. The van der Waals surface area contributed by atoms with E-state index in [0.29, 0.717) is 108 Å². The van der Waals surface area contributed by atoms with Crippen LogP contribution in [0.2, 0.25) is 55.4 Å². The molecule has 14 aromatic heterocycles. The summed E-state index contributed by atoms with van der Waals surface area (Å²) in [5, 5.41) is -0.591. The molecule has 0 bridgehead atoms. The number of nitrogens with zero attached hydrogens (tertiary/aromatic N) is 14. The Kier molecular flexibility index (Phi) is 42.9. The Bertz CT molecular complexity index is 6730. The van der Waals surface area contributed by atoms with Gasteiger partial charge in [0.15, 0.2) is 47.7 Å². The summed E-state index contributed by atoms with van der Waals surface area (Å²) in [7, 11) is 0. The predicted molar refractivity (Wildman–Crippen MR) is 499 cm³/mol. The molecule has 0 aliphatic carbocycles. The summed E-state index contributed by atoms with van der Waals surface area (Å²) in [5.74, 6) is -10.1. The molecular formula is C77H55Cl11F11N21O7S7. The molecule has 0 aromatic carbocycles. The third-order valence-electron chi connectivity index (χ3n) is 15.7. The van der Waals surface area contributed by atoms with Gasteiger partial charge in [0.05, 0.1) is 53.1 Å². The third-order valence-corrected chi connectivity index (χ3v) is 25.7. The molecule has 0 fully saturated rings.